The molecule has 0 saturated carbocycles. The van der Waals surface area contributed by atoms with E-state index < -0.39 is 0 Å². The Kier molecular flexibility index (Phi) is 4.24. The van der Waals surface area contributed by atoms with Crippen LogP contribution in [0.3, 0.4) is 0 Å². The first-order chi connectivity index (χ1) is 12.1. The van der Waals surface area contributed by atoms with Crippen LogP contribution in [0.2, 0.25) is 0 Å². The van der Waals surface area contributed by atoms with Crippen molar-refractivity contribution in [2.24, 2.45) is 0 Å². The number of hydrogen-bond acceptors (Lipinski definition) is 3. The lowest BCUT2D eigenvalue weighted by molar-refractivity contribution is -0.119. The monoisotopic (exact) mass is 340 g/mol. The predicted octanol–water partition coefficient (Wildman–Crippen LogP) is 3.12. The fourth-order valence-electron chi connectivity index (χ4n) is 4.18. The number of hydrogen-bond donors (Lipinski definition) is 1. The Bertz CT molecular complexity index is 753. The van der Waals surface area contributed by atoms with Crippen molar-refractivity contribution in [3.8, 4) is 0 Å². The zero-order valence-electron chi connectivity index (χ0n) is 14.6. The van der Waals surface area contributed by atoms with Gasteiger partial charge in [-0.25, -0.2) is 4.79 Å². The number of nitrogens with one attached hydrogen (secondary N) is 1. The van der Waals surface area contributed by atoms with Gasteiger partial charge in [0.1, 0.15) is 6.10 Å². The first-order valence-electron chi connectivity index (χ1n) is 9.14. The number of cyclic esters (lactones) is 1. The van der Waals surface area contributed by atoms with Gasteiger partial charge in [-0.3, -0.25) is 9.69 Å². The summed E-state index contributed by atoms with van der Waals surface area (Å²) in [6.45, 7) is 2.30. The van der Waals surface area contributed by atoms with Crippen molar-refractivity contribution in [1.29, 1.82) is 0 Å². The van der Waals surface area contributed by atoms with Crippen molar-refractivity contribution in [3.63, 3.8) is 0 Å². The molecule has 1 saturated heterocycles. The zero-order chi connectivity index (χ0) is 17.4. The highest BCUT2D eigenvalue weighted by Gasteiger charge is 2.32. The third-order valence-corrected chi connectivity index (χ3v) is 5.51. The zero-order valence-corrected chi connectivity index (χ0v) is 14.6. The van der Waals surface area contributed by atoms with Gasteiger partial charge in [-0.15, -0.1) is 0 Å². The summed E-state index contributed by atoms with van der Waals surface area (Å²) in [7, 11) is 0. The molecule has 0 bridgehead atoms. The fourth-order valence-corrected chi connectivity index (χ4v) is 4.18. The van der Waals surface area contributed by atoms with Gasteiger partial charge in [-0.1, -0.05) is 17.2 Å². The number of aryl methyl sites for hydroxylation is 1. The van der Waals surface area contributed by atoms with E-state index in [-0.39, 0.29) is 18.1 Å². The molecule has 25 heavy (non-hydrogen) atoms. The smallest absolute Gasteiger partial charge is 0.414 e. The molecular formula is C20H24N2O3. The molecule has 5 heteroatoms. The number of benzene rings is 1. The lowest BCUT2D eigenvalue weighted by Crippen LogP contribution is -2.33. The summed E-state index contributed by atoms with van der Waals surface area (Å²) in [6, 6.07) is 6.36. The number of carbonyl (C=O) groups excluding carboxylic acids is 2. The summed E-state index contributed by atoms with van der Waals surface area (Å²) in [5.41, 5.74) is 6.95. The molecule has 1 aromatic carbocycles. The van der Waals surface area contributed by atoms with Crippen LogP contribution in [0.1, 0.15) is 43.7 Å². The highest BCUT2D eigenvalue weighted by molar-refractivity contribution is 5.90. The van der Waals surface area contributed by atoms with Crippen molar-refractivity contribution in [2.75, 3.05) is 18.0 Å². The molecule has 132 valence electrons. The molecule has 1 aliphatic heterocycles. The maximum absolute atomic E-state index is 12.2. The summed E-state index contributed by atoms with van der Waals surface area (Å²) < 4.78 is 5.37. The summed E-state index contributed by atoms with van der Waals surface area (Å²) in [6.07, 6.45) is 6.49. The van der Waals surface area contributed by atoms with E-state index in [0.717, 1.165) is 24.9 Å². The van der Waals surface area contributed by atoms with Gasteiger partial charge in [0.05, 0.1) is 13.1 Å². The SMILES string of the molecule is CC(=O)NC[C@H]1CN(c2ccc3c(c2)CCC2=C(CCC2)C3)C(=O)O1. The highest BCUT2D eigenvalue weighted by Crippen LogP contribution is 2.36. The lowest BCUT2D eigenvalue weighted by Gasteiger charge is -2.16. The van der Waals surface area contributed by atoms with E-state index >= 15 is 0 Å². The standard InChI is InChI=1S/C20H24N2O3/c1-13(23)21-11-19-12-22(20(24)25-19)18-8-7-16-9-15-4-2-3-14(15)5-6-17(16)10-18/h7-8,10,19H,2-6,9,11-12H2,1H3,(H,21,23)/t19-/m0/s1. The van der Waals surface area contributed by atoms with E-state index in [4.69, 9.17) is 4.74 Å². The van der Waals surface area contributed by atoms with Crippen LogP contribution < -0.4 is 10.2 Å². The lowest BCUT2D eigenvalue weighted by atomic mass is 9.98. The normalized spacial score (nSPS) is 22.4. The topological polar surface area (TPSA) is 58.6 Å². The molecule has 5 nitrogen and oxygen atoms in total. The van der Waals surface area contributed by atoms with Crippen molar-refractivity contribution in [1.82, 2.24) is 5.32 Å². The number of rotatable bonds is 3. The minimum absolute atomic E-state index is 0.111. The number of anilines is 1. The first kappa shape index (κ1) is 16.2. The fraction of sp³-hybridized carbons (Fsp3) is 0.500. The van der Waals surface area contributed by atoms with Gasteiger partial charge in [-0.2, -0.15) is 0 Å². The van der Waals surface area contributed by atoms with Crippen LogP contribution in [-0.4, -0.2) is 31.2 Å². The van der Waals surface area contributed by atoms with E-state index in [1.807, 2.05) is 6.07 Å². The van der Waals surface area contributed by atoms with Crippen LogP contribution in [-0.2, 0) is 22.4 Å². The van der Waals surface area contributed by atoms with Gasteiger partial charge in [0.25, 0.3) is 0 Å². The summed E-state index contributed by atoms with van der Waals surface area (Å²) in [4.78, 5) is 24.9. The third-order valence-electron chi connectivity index (χ3n) is 5.51. The van der Waals surface area contributed by atoms with E-state index in [0.29, 0.717) is 13.1 Å². The summed E-state index contributed by atoms with van der Waals surface area (Å²) in [5, 5.41) is 2.71. The molecule has 0 spiro atoms. The molecule has 0 unspecified atom stereocenters. The Labute approximate surface area is 148 Å². The Morgan fingerprint density at radius 2 is 2.04 bits per heavy atom. The van der Waals surface area contributed by atoms with Crippen molar-refractivity contribution in [3.05, 3.63) is 40.5 Å². The first-order valence-corrected chi connectivity index (χ1v) is 9.14. The average Bonchev–Trinajstić information content (AvgIpc) is 3.14. The second-order valence-electron chi connectivity index (χ2n) is 7.24. The van der Waals surface area contributed by atoms with Crippen LogP contribution >= 0.6 is 0 Å². The van der Waals surface area contributed by atoms with E-state index in [9.17, 15) is 9.59 Å². The Balaban J connectivity index is 1.49. The number of allylic oxidation sites excluding steroid dienone is 2. The number of carbonyl (C=O) groups is 2. The van der Waals surface area contributed by atoms with E-state index in [2.05, 4.69) is 17.4 Å². The van der Waals surface area contributed by atoms with E-state index in [1.54, 1.807) is 16.0 Å². The van der Waals surface area contributed by atoms with Gasteiger partial charge >= 0.3 is 6.09 Å². The minimum Gasteiger partial charge on any atom is -0.442 e. The molecule has 1 heterocycles. The molecule has 2 aliphatic carbocycles. The molecular weight excluding hydrogens is 316 g/mol. The molecule has 1 fully saturated rings. The molecule has 4 rings (SSSR count). The summed E-state index contributed by atoms with van der Waals surface area (Å²) >= 11 is 0. The highest BCUT2D eigenvalue weighted by atomic mass is 16.6. The summed E-state index contributed by atoms with van der Waals surface area (Å²) in [5.74, 6) is -0.111. The van der Waals surface area contributed by atoms with Crippen LogP contribution in [0.15, 0.2) is 29.3 Å². The molecule has 0 radical (unpaired) electrons. The van der Waals surface area contributed by atoms with Gasteiger partial charge < -0.3 is 10.1 Å². The Hall–Kier alpha value is -2.30. The van der Waals surface area contributed by atoms with Crippen LogP contribution in [0.5, 0.6) is 0 Å². The van der Waals surface area contributed by atoms with Crippen molar-refractivity contribution >= 4 is 17.7 Å². The van der Waals surface area contributed by atoms with Crippen molar-refractivity contribution < 1.29 is 14.3 Å². The maximum atomic E-state index is 12.2. The molecule has 2 amide bonds. The third kappa shape index (κ3) is 3.28. The second-order valence-corrected chi connectivity index (χ2v) is 7.24. The number of ether oxygens (including phenoxy) is 1. The average molecular weight is 340 g/mol. The van der Waals surface area contributed by atoms with Crippen molar-refractivity contribution in [2.45, 2.75) is 51.6 Å². The molecule has 3 aliphatic rings. The molecule has 1 aromatic rings. The van der Waals surface area contributed by atoms with Crippen LogP contribution in [0.4, 0.5) is 10.5 Å². The minimum atomic E-state index is -0.329. The van der Waals surface area contributed by atoms with Gasteiger partial charge in [-0.05, 0) is 61.8 Å². The number of amides is 2. The van der Waals surface area contributed by atoms with Crippen LogP contribution in [0.25, 0.3) is 0 Å². The second kappa shape index (κ2) is 6.54. The number of nitrogens with zero attached hydrogens (tertiary/aromatic N) is 1. The molecule has 0 aromatic heterocycles. The quantitative estimate of drug-likeness (QED) is 0.860. The van der Waals surface area contributed by atoms with Crippen LogP contribution in [0, 0.1) is 0 Å². The predicted molar refractivity (Wildman–Crippen MR) is 95.6 cm³/mol. The van der Waals surface area contributed by atoms with Gasteiger partial charge in [0.15, 0.2) is 0 Å². The Morgan fingerprint density at radius 1 is 1.20 bits per heavy atom. The van der Waals surface area contributed by atoms with E-state index in [1.165, 1.54) is 37.3 Å². The van der Waals surface area contributed by atoms with Gasteiger partial charge in [0, 0.05) is 12.6 Å². The molecule has 1 atom stereocenters. The largest absolute Gasteiger partial charge is 0.442 e. The number of fused-ring (bicyclic) bond motifs is 1. The molecule has 1 N–H and O–H groups in total. The van der Waals surface area contributed by atoms with Gasteiger partial charge in [0.2, 0.25) is 5.91 Å². The maximum Gasteiger partial charge on any atom is 0.414 e. The Morgan fingerprint density at radius 3 is 2.88 bits per heavy atom.